The smallest absolute Gasteiger partial charge is 0.329 e. The Hall–Kier alpha value is -1.96. The van der Waals surface area contributed by atoms with Crippen LogP contribution in [0.15, 0.2) is 30.3 Å². The first-order valence-corrected chi connectivity index (χ1v) is 6.94. The molecule has 0 saturated heterocycles. The SMILES string of the molecule is O=C(O)COCC(=O)NCCOCCOCc1ccccc1. The minimum absolute atomic E-state index is 0.271. The summed E-state index contributed by atoms with van der Waals surface area (Å²) in [6, 6.07) is 9.84. The fraction of sp³-hybridized carbons (Fsp3) is 0.467. The topological polar surface area (TPSA) is 94.1 Å². The molecule has 0 fully saturated rings. The van der Waals surface area contributed by atoms with Crippen molar-refractivity contribution in [3.05, 3.63) is 35.9 Å². The van der Waals surface area contributed by atoms with Crippen molar-refractivity contribution in [1.29, 1.82) is 0 Å². The highest BCUT2D eigenvalue weighted by Crippen LogP contribution is 1.99. The molecule has 1 rings (SSSR count). The Morgan fingerprint density at radius 2 is 1.68 bits per heavy atom. The second-order valence-corrected chi connectivity index (χ2v) is 4.39. The van der Waals surface area contributed by atoms with Gasteiger partial charge in [-0.25, -0.2) is 4.79 Å². The van der Waals surface area contributed by atoms with Crippen LogP contribution in [0, 0.1) is 0 Å². The van der Waals surface area contributed by atoms with Crippen LogP contribution in [0.3, 0.4) is 0 Å². The first kappa shape index (κ1) is 18.1. The van der Waals surface area contributed by atoms with Crippen molar-refractivity contribution in [3.8, 4) is 0 Å². The maximum absolute atomic E-state index is 11.2. The van der Waals surface area contributed by atoms with E-state index in [0.29, 0.717) is 33.0 Å². The van der Waals surface area contributed by atoms with Crippen LogP contribution < -0.4 is 5.32 Å². The van der Waals surface area contributed by atoms with Gasteiger partial charge in [-0.3, -0.25) is 4.79 Å². The van der Waals surface area contributed by atoms with E-state index >= 15 is 0 Å². The molecular formula is C15H21NO6. The Morgan fingerprint density at radius 3 is 2.41 bits per heavy atom. The van der Waals surface area contributed by atoms with E-state index in [1.807, 2.05) is 30.3 Å². The molecule has 0 radical (unpaired) electrons. The molecule has 1 aromatic carbocycles. The van der Waals surface area contributed by atoms with E-state index in [-0.39, 0.29) is 12.5 Å². The minimum atomic E-state index is -1.10. The third-order valence-electron chi connectivity index (χ3n) is 2.51. The molecule has 122 valence electrons. The lowest BCUT2D eigenvalue weighted by atomic mass is 10.2. The van der Waals surface area contributed by atoms with Crippen LogP contribution in [0.25, 0.3) is 0 Å². The average molecular weight is 311 g/mol. The number of rotatable bonds is 12. The summed E-state index contributed by atoms with van der Waals surface area (Å²) in [4.78, 5) is 21.4. The molecule has 0 aliphatic heterocycles. The van der Waals surface area contributed by atoms with Gasteiger partial charge in [0.2, 0.25) is 5.91 Å². The van der Waals surface area contributed by atoms with Crippen molar-refractivity contribution in [2.75, 3.05) is 39.6 Å². The molecule has 0 spiro atoms. The van der Waals surface area contributed by atoms with Gasteiger partial charge in [0.05, 0.1) is 26.4 Å². The van der Waals surface area contributed by atoms with E-state index in [1.165, 1.54) is 0 Å². The predicted molar refractivity (Wildman–Crippen MR) is 78.4 cm³/mol. The number of hydrogen-bond donors (Lipinski definition) is 2. The summed E-state index contributed by atoms with van der Waals surface area (Å²) in [6.45, 7) is 1.41. The number of carbonyl (C=O) groups is 2. The van der Waals surface area contributed by atoms with Gasteiger partial charge >= 0.3 is 5.97 Å². The summed E-state index contributed by atoms with van der Waals surface area (Å²) in [7, 11) is 0. The van der Waals surface area contributed by atoms with E-state index in [0.717, 1.165) is 5.56 Å². The van der Waals surface area contributed by atoms with E-state index in [9.17, 15) is 9.59 Å². The average Bonchev–Trinajstić information content (AvgIpc) is 2.50. The van der Waals surface area contributed by atoms with Gasteiger partial charge < -0.3 is 24.6 Å². The molecule has 0 aromatic heterocycles. The van der Waals surface area contributed by atoms with Crippen molar-refractivity contribution in [2.24, 2.45) is 0 Å². The zero-order valence-corrected chi connectivity index (χ0v) is 12.3. The third kappa shape index (κ3) is 9.87. The van der Waals surface area contributed by atoms with Crippen LogP contribution in [0.2, 0.25) is 0 Å². The largest absolute Gasteiger partial charge is 0.480 e. The standard InChI is InChI=1S/C15H21NO6/c17-14(11-22-12-15(18)19)16-6-7-20-8-9-21-10-13-4-2-1-3-5-13/h1-5H,6-12H2,(H,16,17)(H,18,19). The van der Waals surface area contributed by atoms with E-state index in [1.54, 1.807) is 0 Å². The summed E-state index contributed by atoms with van der Waals surface area (Å²) in [5, 5.41) is 10.9. The van der Waals surface area contributed by atoms with Crippen LogP contribution in [0.5, 0.6) is 0 Å². The minimum Gasteiger partial charge on any atom is -0.480 e. The molecule has 2 N–H and O–H groups in total. The second-order valence-electron chi connectivity index (χ2n) is 4.39. The normalized spacial score (nSPS) is 10.4. The molecular weight excluding hydrogens is 290 g/mol. The van der Waals surface area contributed by atoms with Crippen LogP contribution in [-0.2, 0) is 30.4 Å². The van der Waals surface area contributed by atoms with Crippen LogP contribution in [0.4, 0.5) is 0 Å². The lowest BCUT2D eigenvalue weighted by Crippen LogP contribution is -2.31. The van der Waals surface area contributed by atoms with Gasteiger partial charge in [-0.05, 0) is 5.56 Å². The Morgan fingerprint density at radius 1 is 0.955 bits per heavy atom. The predicted octanol–water partition coefficient (Wildman–Crippen LogP) is 0.437. The molecule has 0 bridgehead atoms. The summed E-state index contributed by atoms with van der Waals surface area (Å²) in [6.07, 6.45) is 0. The molecule has 7 nitrogen and oxygen atoms in total. The fourth-order valence-electron chi connectivity index (χ4n) is 1.53. The summed E-state index contributed by atoms with van der Waals surface area (Å²) < 4.78 is 15.4. The Balaban J connectivity index is 1.87. The van der Waals surface area contributed by atoms with E-state index in [2.05, 4.69) is 10.1 Å². The van der Waals surface area contributed by atoms with Gasteiger partial charge in [0.15, 0.2) is 0 Å². The zero-order valence-electron chi connectivity index (χ0n) is 12.3. The van der Waals surface area contributed by atoms with Crippen LogP contribution >= 0.6 is 0 Å². The van der Waals surface area contributed by atoms with Crippen LogP contribution in [0.1, 0.15) is 5.56 Å². The highest BCUT2D eigenvalue weighted by molar-refractivity contribution is 5.77. The summed E-state index contributed by atoms with van der Waals surface area (Å²) >= 11 is 0. The zero-order chi connectivity index (χ0) is 16.0. The van der Waals surface area contributed by atoms with Gasteiger partial charge in [0, 0.05) is 6.54 Å². The summed E-state index contributed by atoms with van der Waals surface area (Å²) in [5.74, 6) is -1.48. The Kier molecular flexibility index (Phi) is 9.60. The number of carbonyl (C=O) groups excluding carboxylic acids is 1. The van der Waals surface area contributed by atoms with Crippen molar-refractivity contribution in [2.45, 2.75) is 6.61 Å². The lowest BCUT2D eigenvalue weighted by Gasteiger charge is -2.07. The molecule has 0 heterocycles. The highest BCUT2D eigenvalue weighted by Gasteiger charge is 2.02. The number of hydrogen-bond acceptors (Lipinski definition) is 5. The number of amides is 1. The van der Waals surface area contributed by atoms with E-state index in [4.69, 9.17) is 14.6 Å². The van der Waals surface area contributed by atoms with Crippen molar-refractivity contribution >= 4 is 11.9 Å². The molecule has 0 unspecified atom stereocenters. The van der Waals surface area contributed by atoms with Crippen molar-refractivity contribution < 1.29 is 28.9 Å². The van der Waals surface area contributed by atoms with Crippen LogP contribution in [-0.4, -0.2) is 56.6 Å². The molecule has 0 atom stereocenters. The third-order valence-corrected chi connectivity index (χ3v) is 2.51. The molecule has 22 heavy (non-hydrogen) atoms. The maximum Gasteiger partial charge on any atom is 0.329 e. The Labute approximate surface area is 129 Å². The van der Waals surface area contributed by atoms with Crippen molar-refractivity contribution in [1.82, 2.24) is 5.32 Å². The van der Waals surface area contributed by atoms with Gasteiger partial charge in [0.1, 0.15) is 13.2 Å². The fourth-order valence-corrected chi connectivity index (χ4v) is 1.53. The number of nitrogens with one attached hydrogen (secondary N) is 1. The first-order valence-electron chi connectivity index (χ1n) is 6.94. The molecule has 1 amide bonds. The number of carboxylic acids is 1. The molecule has 0 saturated carbocycles. The van der Waals surface area contributed by atoms with Gasteiger partial charge in [-0.2, -0.15) is 0 Å². The van der Waals surface area contributed by atoms with Gasteiger partial charge in [-0.15, -0.1) is 0 Å². The molecule has 0 aliphatic carbocycles. The van der Waals surface area contributed by atoms with Gasteiger partial charge in [-0.1, -0.05) is 30.3 Å². The number of carboxylic acid groups (broad SMARTS) is 1. The maximum atomic E-state index is 11.2. The van der Waals surface area contributed by atoms with Crippen molar-refractivity contribution in [3.63, 3.8) is 0 Å². The Bertz CT molecular complexity index is 437. The molecule has 7 heteroatoms. The number of ether oxygens (including phenoxy) is 3. The summed E-state index contributed by atoms with van der Waals surface area (Å²) in [5.41, 5.74) is 1.11. The molecule has 0 aliphatic rings. The van der Waals surface area contributed by atoms with Gasteiger partial charge in [0.25, 0.3) is 0 Å². The molecule has 1 aromatic rings. The second kappa shape index (κ2) is 11.7. The number of benzene rings is 1. The number of aliphatic carboxylic acids is 1. The highest BCUT2D eigenvalue weighted by atomic mass is 16.5. The first-order chi connectivity index (χ1) is 10.7. The lowest BCUT2D eigenvalue weighted by molar-refractivity contribution is -0.143. The van der Waals surface area contributed by atoms with E-state index < -0.39 is 12.6 Å². The monoisotopic (exact) mass is 311 g/mol. The quantitative estimate of drug-likeness (QED) is 0.544.